The summed E-state index contributed by atoms with van der Waals surface area (Å²) in [7, 11) is 0. The summed E-state index contributed by atoms with van der Waals surface area (Å²) in [6.45, 7) is 2.32. The zero-order chi connectivity index (χ0) is 20.5. The number of hydrogen-bond acceptors (Lipinski definition) is 4. The zero-order valence-electron chi connectivity index (χ0n) is 14.4. The molecule has 1 N–H and O–H groups in total. The van der Waals surface area contributed by atoms with Crippen molar-refractivity contribution < 1.29 is 37.3 Å². The van der Waals surface area contributed by atoms with Crippen molar-refractivity contribution in [2.75, 3.05) is 6.61 Å². The Balaban J connectivity index is 2.02. The first-order chi connectivity index (χ1) is 13.2. The van der Waals surface area contributed by atoms with Gasteiger partial charge in [-0.3, -0.25) is 0 Å². The third-order valence-corrected chi connectivity index (χ3v) is 4.13. The van der Waals surface area contributed by atoms with E-state index in [-0.39, 0.29) is 22.1 Å². The van der Waals surface area contributed by atoms with Gasteiger partial charge in [-0.15, -0.1) is 0 Å². The van der Waals surface area contributed by atoms with E-state index in [0.29, 0.717) is 18.1 Å². The van der Waals surface area contributed by atoms with Crippen LogP contribution in [0, 0.1) is 0 Å². The molecule has 0 aromatic heterocycles. The summed E-state index contributed by atoms with van der Waals surface area (Å²) in [6, 6.07) is 9.02. The van der Waals surface area contributed by atoms with Crippen molar-refractivity contribution in [1.29, 1.82) is 0 Å². The van der Waals surface area contributed by atoms with Crippen LogP contribution < -0.4 is 14.2 Å². The Bertz CT molecular complexity index is 922. The molecule has 9 heteroatoms. The van der Waals surface area contributed by atoms with Crippen molar-refractivity contribution in [1.82, 2.24) is 0 Å². The molecule has 1 aliphatic rings. The summed E-state index contributed by atoms with van der Waals surface area (Å²) < 4.78 is 55.5. The summed E-state index contributed by atoms with van der Waals surface area (Å²) in [5, 5.41) is 9.28. The molecule has 1 atom stereocenters. The predicted molar refractivity (Wildman–Crippen MR) is 95.2 cm³/mol. The number of carboxylic acid groups (broad SMARTS) is 1. The van der Waals surface area contributed by atoms with E-state index in [1.165, 1.54) is 12.1 Å². The van der Waals surface area contributed by atoms with Crippen LogP contribution in [0.4, 0.5) is 13.2 Å². The lowest BCUT2D eigenvalue weighted by molar-refractivity contribution is -0.187. The van der Waals surface area contributed by atoms with Crippen LogP contribution in [-0.4, -0.2) is 30.0 Å². The van der Waals surface area contributed by atoms with Crippen LogP contribution >= 0.6 is 11.6 Å². The van der Waals surface area contributed by atoms with E-state index >= 15 is 0 Å². The number of aliphatic carboxylic acids is 1. The van der Waals surface area contributed by atoms with Crippen molar-refractivity contribution in [3.05, 3.63) is 52.6 Å². The lowest BCUT2D eigenvalue weighted by atomic mass is 10.0. The van der Waals surface area contributed by atoms with Crippen LogP contribution in [0.2, 0.25) is 5.02 Å². The molecule has 1 unspecified atom stereocenters. The van der Waals surface area contributed by atoms with Gasteiger partial charge in [0, 0.05) is 0 Å². The molecule has 0 spiro atoms. The molecule has 0 saturated carbocycles. The number of halogens is 4. The molecule has 1 heterocycles. The first kappa shape index (κ1) is 19.9. The Morgan fingerprint density at radius 1 is 1.18 bits per heavy atom. The van der Waals surface area contributed by atoms with Crippen molar-refractivity contribution in [3.8, 4) is 23.0 Å². The molecule has 28 heavy (non-hydrogen) atoms. The standard InChI is InChI=1S/C19H14ClF3O5/c1-2-26-10-3-5-11(6-4-10)27-16-12-9-13(18(24)25)17(19(21,22)23)28-15(12)8-7-14(16)20/h3-9,17H,2H2,1H3,(H,24,25). The molecule has 0 aliphatic carbocycles. The lowest BCUT2D eigenvalue weighted by Gasteiger charge is -2.28. The average Bonchev–Trinajstić information content (AvgIpc) is 2.64. The monoisotopic (exact) mass is 414 g/mol. The fourth-order valence-corrected chi connectivity index (χ4v) is 2.83. The largest absolute Gasteiger partial charge is 0.494 e. The minimum atomic E-state index is -4.89. The number of ether oxygens (including phenoxy) is 3. The van der Waals surface area contributed by atoms with Gasteiger partial charge in [0.25, 0.3) is 0 Å². The van der Waals surface area contributed by atoms with E-state index < -0.39 is 23.8 Å². The molecule has 0 saturated heterocycles. The smallest absolute Gasteiger partial charge is 0.430 e. The molecule has 5 nitrogen and oxygen atoms in total. The quantitative estimate of drug-likeness (QED) is 0.717. The number of fused-ring (bicyclic) bond motifs is 1. The molecule has 0 radical (unpaired) electrons. The van der Waals surface area contributed by atoms with Gasteiger partial charge >= 0.3 is 12.1 Å². The van der Waals surface area contributed by atoms with Gasteiger partial charge in [-0.1, -0.05) is 11.6 Å². The average molecular weight is 415 g/mol. The van der Waals surface area contributed by atoms with Gasteiger partial charge in [-0.2, -0.15) is 13.2 Å². The van der Waals surface area contributed by atoms with E-state index in [2.05, 4.69) is 0 Å². The topological polar surface area (TPSA) is 65.0 Å². The minimum absolute atomic E-state index is 0.0114. The number of alkyl halides is 3. The van der Waals surface area contributed by atoms with E-state index in [1.54, 1.807) is 24.3 Å². The minimum Gasteiger partial charge on any atom is -0.494 e. The second-order valence-electron chi connectivity index (χ2n) is 5.74. The van der Waals surface area contributed by atoms with Crippen LogP contribution in [0.25, 0.3) is 6.08 Å². The van der Waals surface area contributed by atoms with Gasteiger partial charge in [-0.25, -0.2) is 4.79 Å². The van der Waals surface area contributed by atoms with Crippen molar-refractivity contribution >= 4 is 23.6 Å². The Morgan fingerprint density at radius 2 is 1.82 bits per heavy atom. The highest BCUT2D eigenvalue weighted by Crippen LogP contribution is 2.45. The first-order valence-corrected chi connectivity index (χ1v) is 8.50. The third-order valence-electron chi connectivity index (χ3n) is 3.83. The highest BCUT2D eigenvalue weighted by Gasteiger charge is 2.48. The van der Waals surface area contributed by atoms with Crippen LogP contribution in [-0.2, 0) is 4.79 Å². The number of hydrogen-bond donors (Lipinski definition) is 1. The van der Waals surface area contributed by atoms with Crippen molar-refractivity contribution in [2.24, 2.45) is 0 Å². The molecular weight excluding hydrogens is 401 g/mol. The van der Waals surface area contributed by atoms with Crippen LogP contribution in [0.1, 0.15) is 12.5 Å². The fourth-order valence-electron chi connectivity index (χ4n) is 2.63. The lowest BCUT2D eigenvalue weighted by Crippen LogP contribution is -2.40. The molecule has 1 aliphatic heterocycles. The van der Waals surface area contributed by atoms with Crippen LogP contribution in [0.3, 0.4) is 0 Å². The molecule has 2 aromatic carbocycles. The molecule has 2 aromatic rings. The number of carboxylic acids is 1. The number of rotatable bonds is 5. The fraction of sp³-hybridized carbons (Fsp3) is 0.211. The summed E-state index contributed by atoms with van der Waals surface area (Å²) in [5.74, 6) is -0.997. The normalized spacial score (nSPS) is 15.9. The summed E-state index contributed by atoms with van der Waals surface area (Å²) in [4.78, 5) is 11.3. The summed E-state index contributed by atoms with van der Waals surface area (Å²) in [5.41, 5.74) is -0.946. The Morgan fingerprint density at radius 3 is 2.39 bits per heavy atom. The van der Waals surface area contributed by atoms with E-state index in [9.17, 15) is 23.1 Å². The SMILES string of the molecule is CCOc1ccc(Oc2c(Cl)ccc3c2C=C(C(=O)O)C(C(F)(F)F)O3)cc1. The molecule has 0 fully saturated rings. The van der Waals surface area contributed by atoms with E-state index in [1.807, 2.05) is 6.92 Å². The van der Waals surface area contributed by atoms with Crippen LogP contribution in [0.15, 0.2) is 42.0 Å². The third kappa shape index (κ3) is 4.01. The van der Waals surface area contributed by atoms with Gasteiger partial charge < -0.3 is 19.3 Å². The van der Waals surface area contributed by atoms with Gasteiger partial charge in [0.2, 0.25) is 6.10 Å². The molecule has 148 valence electrons. The van der Waals surface area contributed by atoms with Gasteiger partial charge in [0.15, 0.2) is 5.75 Å². The Labute approximate surface area is 162 Å². The molecular formula is C19H14ClF3O5. The predicted octanol–water partition coefficient (Wildman–Crippen LogP) is 5.32. The Kier molecular flexibility index (Phi) is 5.42. The van der Waals surface area contributed by atoms with Gasteiger partial charge in [-0.05, 0) is 49.4 Å². The maximum atomic E-state index is 13.2. The maximum absolute atomic E-state index is 13.2. The molecule has 0 amide bonds. The maximum Gasteiger partial charge on any atom is 0.430 e. The van der Waals surface area contributed by atoms with E-state index in [4.69, 9.17) is 25.8 Å². The zero-order valence-corrected chi connectivity index (χ0v) is 15.2. The van der Waals surface area contributed by atoms with Gasteiger partial charge in [0.1, 0.15) is 17.2 Å². The Hall–Kier alpha value is -2.87. The highest BCUT2D eigenvalue weighted by atomic mass is 35.5. The van der Waals surface area contributed by atoms with Gasteiger partial charge in [0.05, 0.1) is 22.8 Å². The molecule has 0 bridgehead atoms. The molecule has 3 rings (SSSR count). The highest BCUT2D eigenvalue weighted by molar-refractivity contribution is 6.32. The summed E-state index contributed by atoms with van der Waals surface area (Å²) in [6.07, 6.45) is -6.61. The number of carbonyl (C=O) groups is 1. The van der Waals surface area contributed by atoms with Crippen LogP contribution in [0.5, 0.6) is 23.0 Å². The second-order valence-corrected chi connectivity index (χ2v) is 6.15. The second kappa shape index (κ2) is 7.63. The van der Waals surface area contributed by atoms with E-state index in [0.717, 1.165) is 6.08 Å². The van der Waals surface area contributed by atoms with Crippen molar-refractivity contribution in [3.63, 3.8) is 0 Å². The summed E-state index contributed by atoms with van der Waals surface area (Å²) >= 11 is 6.14. The number of benzene rings is 2. The van der Waals surface area contributed by atoms with Crippen molar-refractivity contribution in [2.45, 2.75) is 19.2 Å². The first-order valence-electron chi connectivity index (χ1n) is 8.12.